The second-order valence-electron chi connectivity index (χ2n) is 4.39. The average Bonchev–Trinajstić information content (AvgIpc) is 2.83. The van der Waals surface area contributed by atoms with Gasteiger partial charge >= 0.3 is 0 Å². The lowest BCUT2D eigenvalue weighted by atomic mass is 10.1. The van der Waals surface area contributed by atoms with Gasteiger partial charge in [-0.2, -0.15) is 0 Å². The molecule has 1 atom stereocenters. The summed E-state index contributed by atoms with van der Waals surface area (Å²) >= 11 is 1.47. The predicted octanol–water partition coefficient (Wildman–Crippen LogP) is 2.18. The molecule has 18 heavy (non-hydrogen) atoms. The molecule has 0 aliphatic carbocycles. The third-order valence-corrected chi connectivity index (χ3v) is 5.30. The Morgan fingerprint density at radius 1 is 1.39 bits per heavy atom. The highest BCUT2D eigenvalue weighted by Gasteiger charge is 2.16. The fourth-order valence-electron chi connectivity index (χ4n) is 1.32. The molecule has 1 rings (SSSR count). The Kier molecular flexibility index (Phi) is 6.28. The number of nitrogens with one attached hydrogen (secondary N) is 2. The second kappa shape index (κ2) is 7.23. The number of thiophene rings is 1. The maximum absolute atomic E-state index is 12.0. The van der Waals surface area contributed by atoms with Crippen molar-refractivity contribution < 1.29 is 8.42 Å². The van der Waals surface area contributed by atoms with E-state index in [1.807, 2.05) is 13.8 Å². The molecular weight excluding hydrogens is 268 g/mol. The molecule has 1 unspecified atom stereocenters. The first-order valence-corrected chi connectivity index (χ1v) is 8.63. The molecule has 1 aromatic heterocycles. The van der Waals surface area contributed by atoms with Gasteiger partial charge in [0.2, 0.25) is 10.0 Å². The average molecular weight is 290 g/mol. The van der Waals surface area contributed by atoms with Crippen LogP contribution in [0.25, 0.3) is 0 Å². The first kappa shape index (κ1) is 15.6. The highest BCUT2D eigenvalue weighted by Crippen LogP contribution is 2.19. The van der Waals surface area contributed by atoms with Gasteiger partial charge in [-0.25, -0.2) is 13.1 Å². The van der Waals surface area contributed by atoms with E-state index in [9.17, 15) is 8.42 Å². The van der Waals surface area contributed by atoms with E-state index in [2.05, 4.69) is 17.0 Å². The molecule has 0 amide bonds. The van der Waals surface area contributed by atoms with Crippen molar-refractivity contribution in [2.45, 2.75) is 38.6 Å². The van der Waals surface area contributed by atoms with Crippen molar-refractivity contribution in [3.63, 3.8) is 0 Å². The van der Waals surface area contributed by atoms with Crippen molar-refractivity contribution in [1.29, 1.82) is 0 Å². The monoisotopic (exact) mass is 290 g/mol. The summed E-state index contributed by atoms with van der Waals surface area (Å²) in [5.41, 5.74) is 0. The zero-order valence-corrected chi connectivity index (χ0v) is 12.8. The van der Waals surface area contributed by atoms with E-state index >= 15 is 0 Å². The van der Waals surface area contributed by atoms with E-state index in [1.54, 1.807) is 11.4 Å². The summed E-state index contributed by atoms with van der Waals surface area (Å²) in [6.07, 6.45) is 0.970. The fourth-order valence-corrected chi connectivity index (χ4v) is 3.73. The number of hydrogen-bond acceptors (Lipinski definition) is 4. The molecule has 104 valence electrons. The number of rotatable bonds is 8. The van der Waals surface area contributed by atoms with Crippen molar-refractivity contribution in [2.24, 2.45) is 5.92 Å². The first-order valence-electron chi connectivity index (χ1n) is 6.27. The molecule has 1 aromatic rings. The zero-order chi connectivity index (χ0) is 13.6. The SMILES string of the molecule is CCNCc1cc(S(=O)(=O)NCC(C)CC)cs1. The summed E-state index contributed by atoms with van der Waals surface area (Å²) in [5, 5.41) is 4.88. The molecule has 4 nitrogen and oxygen atoms in total. The molecule has 6 heteroatoms. The van der Waals surface area contributed by atoms with Gasteiger partial charge in [0.1, 0.15) is 0 Å². The van der Waals surface area contributed by atoms with Crippen LogP contribution >= 0.6 is 11.3 Å². The minimum Gasteiger partial charge on any atom is -0.312 e. The molecule has 0 aromatic carbocycles. The molecule has 0 fully saturated rings. The largest absolute Gasteiger partial charge is 0.312 e. The van der Waals surface area contributed by atoms with E-state index in [0.717, 1.165) is 24.4 Å². The van der Waals surface area contributed by atoms with E-state index in [1.165, 1.54) is 11.3 Å². The summed E-state index contributed by atoms with van der Waals surface area (Å²) < 4.78 is 26.7. The van der Waals surface area contributed by atoms with Crippen LogP contribution in [-0.2, 0) is 16.6 Å². The smallest absolute Gasteiger partial charge is 0.241 e. The van der Waals surface area contributed by atoms with Crippen molar-refractivity contribution in [1.82, 2.24) is 10.0 Å². The standard InChI is InChI=1S/C12H22N2O2S2/c1-4-10(3)7-14-18(15,16)12-6-11(17-9-12)8-13-5-2/h6,9-10,13-14H,4-5,7-8H2,1-3H3. The molecule has 0 saturated heterocycles. The maximum atomic E-state index is 12.0. The summed E-state index contributed by atoms with van der Waals surface area (Å²) in [6, 6.07) is 1.74. The van der Waals surface area contributed by atoms with Gasteiger partial charge in [-0.05, 0) is 18.5 Å². The molecule has 1 heterocycles. The second-order valence-corrected chi connectivity index (χ2v) is 7.16. The van der Waals surface area contributed by atoms with Crippen LogP contribution in [0.15, 0.2) is 16.3 Å². The predicted molar refractivity (Wildman–Crippen MR) is 76.3 cm³/mol. The Morgan fingerprint density at radius 3 is 2.72 bits per heavy atom. The Bertz CT molecular complexity index is 454. The van der Waals surface area contributed by atoms with Crippen molar-refractivity contribution in [3.8, 4) is 0 Å². The molecule has 0 bridgehead atoms. The molecular formula is C12H22N2O2S2. The van der Waals surface area contributed by atoms with Crippen molar-refractivity contribution in [3.05, 3.63) is 16.3 Å². The molecule has 0 spiro atoms. The van der Waals surface area contributed by atoms with Gasteiger partial charge in [-0.3, -0.25) is 0 Å². The van der Waals surface area contributed by atoms with Crippen LogP contribution in [-0.4, -0.2) is 21.5 Å². The van der Waals surface area contributed by atoms with Crippen LogP contribution < -0.4 is 10.0 Å². The van der Waals surface area contributed by atoms with E-state index in [-0.39, 0.29) is 0 Å². The van der Waals surface area contributed by atoms with Crippen molar-refractivity contribution >= 4 is 21.4 Å². The summed E-state index contributed by atoms with van der Waals surface area (Å²) in [5.74, 6) is 0.361. The topological polar surface area (TPSA) is 58.2 Å². The Morgan fingerprint density at radius 2 is 2.11 bits per heavy atom. The molecule has 0 aliphatic heterocycles. The van der Waals surface area contributed by atoms with Crippen molar-refractivity contribution in [2.75, 3.05) is 13.1 Å². The van der Waals surface area contributed by atoms with Crippen LogP contribution in [0.5, 0.6) is 0 Å². The minimum absolute atomic E-state index is 0.361. The summed E-state index contributed by atoms with van der Waals surface area (Å²) in [7, 11) is -3.34. The summed E-state index contributed by atoms with van der Waals surface area (Å²) in [6.45, 7) is 8.22. The number of hydrogen-bond donors (Lipinski definition) is 2. The third-order valence-electron chi connectivity index (χ3n) is 2.81. The molecule has 2 N–H and O–H groups in total. The zero-order valence-electron chi connectivity index (χ0n) is 11.2. The number of sulfonamides is 1. The quantitative estimate of drug-likeness (QED) is 0.771. The van der Waals surface area contributed by atoms with Gasteiger partial charge in [0.25, 0.3) is 0 Å². The van der Waals surface area contributed by atoms with Crippen LogP contribution in [0.1, 0.15) is 32.1 Å². The third kappa shape index (κ3) is 4.68. The van der Waals surface area contributed by atoms with Gasteiger partial charge in [-0.15, -0.1) is 11.3 Å². The van der Waals surface area contributed by atoms with Crippen LogP contribution in [0.4, 0.5) is 0 Å². The lowest BCUT2D eigenvalue weighted by Crippen LogP contribution is -2.27. The van der Waals surface area contributed by atoms with Crippen LogP contribution in [0.3, 0.4) is 0 Å². The molecule has 0 saturated carbocycles. The Balaban J connectivity index is 2.64. The minimum atomic E-state index is -3.34. The van der Waals surface area contributed by atoms with Gasteiger partial charge in [0.05, 0.1) is 4.90 Å². The summed E-state index contributed by atoms with van der Waals surface area (Å²) in [4.78, 5) is 1.42. The van der Waals surface area contributed by atoms with E-state index in [4.69, 9.17) is 0 Å². The highest BCUT2D eigenvalue weighted by atomic mass is 32.2. The van der Waals surface area contributed by atoms with Gasteiger partial charge < -0.3 is 5.32 Å². The lowest BCUT2D eigenvalue weighted by molar-refractivity contribution is 0.528. The van der Waals surface area contributed by atoms with E-state index in [0.29, 0.717) is 17.4 Å². The van der Waals surface area contributed by atoms with Gasteiger partial charge in [0.15, 0.2) is 0 Å². The Hall–Kier alpha value is -0.430. The first-order chi connectivity index (χ1) is 8.49. The van der Waals surface area contributed by atoms with Crippen LogP contribution in [0, 0.1) is 5.92 Å². The van der Waals surface area contributed by atoms with Gasteiger partial charge in [-0.1, -0.05) is 27.2 Å². The van der Waals surface area contributed by atoms with Gasteiger partial charge in [0, 0.05) is 23.3 Å². The fraction of sp³-hybridized carbons (Fsp3) is 0.667. The van der Waals surface area contributed by atoms with Crippen LogP contribution in [0.2, 0.25) is 0 Å². The normalized spacial score (nSPS) is 13.7. The highest BCUT2D eigenvalue weighted by molar-refractivity contribution is 7.89. The Labute approximate surface area is 114 Å². The maximum Gasteiger partial charge on any atom is 0.241 e. The lowest BCUT2D eigenvalue weighted by Gasteiger charge is -2.09. The molecule has 0 aliphatic rings. The van der Waals surface area contributed by atoms with E-state index < -0.39 is 10.0 Å². The molecule has 0 radical (unpaired) electrons.